The normalized spacial score (nSPS) is 11.8. The Morgan fingerprint density at radius 2 is 1.92 bits per heavy atom. The van der Waals surface area contributed by atoms with Gasteiger partial charge in [0.25, 0.3) is 0 Å². The molecule has 26 heavy (non-hydrogen) atoms. The van der Waals surface area contributed by atoms with Crippen molar-refractivity contribution in [2.24, 2.45) is 0 Å². The summed E-state index contributed by atoms with van der Waals surface area (Å²) in [5, 5.41) is 5.56. The summed E-state index contributed by atoms with van der Waals surface area (Å²) in [6.45, 7) is -0.851. The second-order valence-electron chi connectivity index (χ2n) is 5.43. The van der Waals surface area contributed by atoms with Gasteiger partial charge in [0.05, 0.1) is 13.2 Å². The minimum atomic E-state index is -2.93. The number of hydrogen-bond acceptors (Lipinski definition) is 3. The zero-order chi connectivity index (χ0) is 19.1. The first-order valence-corrected chi connectivity index (χ1v) is 8.60. The van der Waals surface area contributed by atoms with E-state index in [1.165, 1.54) is 19.2 Å². The standard InChI is InChI=1S/C18H19BrF2N2O3/c1-11(13-5-3-4-6-14(13)19)23-18(24)22-10-12-7-8-15(26-17(20)21)16(9-12)25-2/h3-9,11,17H,10H2,1-2H3,(H2,22,23,24). The third-order valence-electron chi connectivity index (χ3n) is 3.62. The van der Waals surface area contributed by atoms with E-state index < -0.39 is 6.61 Å². The number of nitrogens with one attached hydrogen (secondary N) is 2. The number of methoxy groups -OCH3 is 1. The third kappa shape index (κ3) is 5.59. The lowest BCUT2D eigenvalue weighted by Crippen LogP contribution is -2.36. The molecule has 2 N–H and O–H groups in total. The van der Waals surface area contributed by atoms with E-state index in [0.717, 1.165) is 10.0 Å². The highest BCUT2D eigenvalue weighted by Crippen LogP contribution is 2.29. The lowest BCUT2D eigenvalue weighted by atomic mass is 10.1. The monoisotopic (exact) mass is 428 g/mol. The average molecular weight is 429 g/mol. The van der Waals surface area contributed by atoms with Gasteiger partial charge in [-0.25, -0.2) is 4.79 Å². The fourth-order valence-electron chi connectivity index (χ4n) is 2.35. The second-order valence-corrected chi connectivity index (χ2v) is 6.29. The molecule has 0 spiro atoms. The van der Waals surface area contributed by atoms with Crippen molar-refractivity contribution >= 4 is 22.0 Å². The van der Waals surface area contributed by atoms with E-state index in [1.807, 2.05) is 31.2 Å². The zero-order valence-electron chi connectivity index (χ0n) is 14.3. The highest BCUT2D eigenvalue weighted by Gasteiger charge is 2.13. The van der Waals surface area contributed by atoms with Crippen LogP contribution in [0.5, 0.6) is 11.5 Å². The van der Waals surface area contributed by atoms with Crippen LogP contribution in [0, 0.1) is 0 Å². The molecule has 5 nitrogen and oxygen atoms in total. The van der Waals surface area contributed by atoms with Crippen molar-refractivity contribution < 1.29 is 23.0 Å². The molecule has 1 atom stereocenters. The number of amides is 2. The van der Waals surface area contributed by atoms with Gasteiger partial charge in [0.1, 0.15) is 0 Å². The molecule has 1 unspecified atom stereocenters. The van der Waals surface area contributed by atoms with Crippen molar-refractivity contribution in [2.75, 3.05) is 7.11 Å². The number of halogens is 3. The molecule has 0 radical (unpaired) electrons. The molecule has 0 aliphatic heterocycles. The van der Waals surface area contributed by atoms with E-state index in [0.29, 0.717) is 5.56 Å². The van der Waals surface area contributed by atoms with E-state index in [2.05, 4.69) is 31.3 Å². The Balaban J connectivity index is 1.93. The van der Waals surface area contributed by atoms with Crippen LogP contribution in [0.1, 0.15) is 24.1 Å². The smallest absolute Gasteiger partial charge is 0.387 e. The molecule has 2 amide bonds. The largest absolute Gasteiger partial charge is 0.493 e. The summed E-state index contributed by atoms with van der Waals surface area (Å²) in [6.07, 6.45) is 0. The lowest BCUT2D eigenvalue weighted by molar-refractivity contribution is -0.0512. The number of carbonyl (C=O) groups excluding carboxylic acids is 1. The van der Waals surface area contributed by atoms with Crippen molar-refractivity contribution in [1.29, 1.82) is 0 Å². The fourth-order valence-corrected chi connectivity index (χ4v) is 2.98. The van der Waals surface area contributed by atoms with Crippen molar-refractivity contribution in [3.05, 3.63) is 58.1 Å². The number of rotatable bonds is 7. The molecule has 2 aromatic carbocycles. The Labute approximate surface area is 158 Å². The Hall–Kier alpha value is -2.35. The van der Waals surface area contributed by atoms with Gasteiger partial charge in [-0.05, 0) is 36.2 Å². The van der Waals surface area contributed by atoms with Gasteiger partial charge in [-0.3, -0.25) is 0 Å². The van der Waals surface area contributed by atoms with Gasteiger partial charge in [0.2, 0.25) is 0 Å². The summed E-state index contributed by atoms with van der Waals surface area (Å²) < 4.78 is 35.0. The van der Waals surface area contributed by atoms with E-state index in [9.17, 15) is 13.6 Å². The maximum Gasteiger partial charge on any atom is 0.387 e. The quantitative estimate of drug-likeness (QED) is 0.676. The highest BCUT2D eigenvalue weighted by molar-refractivity contribution is 9.10. The van der Waals surface area contributed by atoms with Crippen LogP contribution in [0.25, 0.3) is 0 Å². The topological polar surface area (TPSA) is 59.6 Å². The molecular weight excluding hydrogens is 410 g/mol. The maximum absolute atomic E-state index is 12.3. The molecule has 2 rings (SSSR count). The molecule has 0 saturated heterocycles. The van der Waals surface area contributed by atoms with E-state index >= 15 is 0 Å². The van der Waals surface area contributed by atoms with E-state index in [1.54, 1.807) is 6.07 Å². The number of urea groups is 1. The first-order chi connectivity index (χ1) is 12.4. The summed E-state index contributed by atoms with van der Waals surface area (Å²) in [5.74, 6) is 0.116. The number of benzene rings is 2. The second kappa shape index (κ2) is 9.38. The van der Waals surface area contributed by atoms with Gasteiger partial charge >= 0.3 is 12.6 Å². The van der Waals surface area contributed by atoms with Gasteiger partial charge in [-0.2, -0.15) is 8.78 Å². The molecule has 0 bridgehead atoms. The van der Waals surface area contributed by atoms with Crippen molar-refractivity contribution in [2.45, 2.75) is 26.1 Å². The number of hydrogen-bond donors (Lipinski definition) is 2. The van der Waals surface area contributed by atoms with Crippen LogP contribution in [0.3, 0.4) is 0 Å². The van der Waals surface area contributed by atoms with Crippen molar-refractivity contribution in [3.63, 3.8) is 0 Å². The van der Waals surface area contributed by atoms with Crippen LogP contribution in [0.15, 0.2) is 46.9 Å². The summed E-state index contributed by atoms with van der Waals surface area (Å²) in [4.78, 5) is 12.1. The van der Waals surface area contributed by atoms with Gasteiger partial charge in [0.15, 0.2) is 11.5 Å². The Kier molecular flexibility index (Phi) is 7.20. The minimum Gasteiger partial charge on any atom is -0.493 e. The molecule has 140 valence electrons. The van der Waals surface area contributed by atoms with Crippen LogP contribution in [-0.4, -0.2) is 19.8 Å². The van der Waals surface area contributed by atoms with Crippen molar-refractivity contribution in [3.8, 4) is 11.5 Å². The summed E-state index contributed by atoms with van der Waals surface area (Å²) >= 11 is 3.45. The number of ether oxygens (including phenoxy) is 2. The predicted octanol–water partition coefficient (Wildman–Crippen LogP) is 4.62. The van der Waals surface area contributed by atoms with Crippen LogP contribution in [-0.2, 0) is 6.54 Å². The highest BCUT2D eigenvalue weighted by atomic mass is 79.9. The van der Waals surface area contributed by atoms with E-state index in [-0.39, 0.29) is 30.1 Å². The first kappa shape index (κ1) is 20.0. The summed E-state index contributed by atoms with van der Waals surface area (Å²) in [7, 11) is 1.36. The van der Waals surface area contributed by atoms with Gasteiger partial charge < -0.3 is 20.1 Å². The molecule has 2 aromatic rings. The lowest BCUT2D eigenvalue weighted by Gasteiger charge is -2.17. The molecule has 0 heterocycles. The molecule has 8 heteroatoms. The van der Waals surface area contributed by atoms with Gasteiger partial charge in [-0.15, -0.1) is 0 Å². The zero-order valence-corrected chi connectivity index (χ0v) is 15.8. The molecular formula is C18H19BrF2N2O3. The molecule has 0 aliphatic rings. The fraction of sp³-hybridized carbons (Fsp3) is 0.278. The number of carbonyl (C=O) groups is 1. The Morgan fingerprint density at radius 3 is 2.58 bits per heavy atom. The maximum atomic E-state index is 12.3. The molecule has 0 aromatic heterocycles. The van der Waals surface area contributed by atoms with Crippen LogP contribution in [0.4, 0.5) is 13.6 Å². The van der Waals surface area contributed by atoms with E-state index in [4.69, 9.17) is 4.74 Å². The SMILES string of the molecule is COc1cc(CNC(=O)NC(C)c2ccccc2Br)ccc1OC(F)F. The minimum absolute atomic E-state index is 0.0572. The number of alkyl halides is 2. The summed E-state index contributed by atoms with van der Waals surface area (Å²) in [5.41, 5.74) is 1.64. The van der Waals surface area contributed by atoms with Gasteiger partial charge in [-0.1, -0.05) is 40.2 Å². The van der Waals surface area contributed by atoms with Crippen molar-refractivity contribution in [1.82, 2.24) is 10.6 Å². The van der Waals surface area contributed by atoms with Crippen LogP contribution < -0.4 is 20.1 Å². The van der Waals surface area contributed by atoms with Crippen LogP contribution in [0.2, 0.25) is 0 Å². The Bertz CT molecular complexity index is 759. The predicted molar refractivity (Wildman–Crippen MR) is 97.6 cm³/mol. The van der Waals surface area contributed by atoms with Crippen LogP contribution >= 0.6 is 15.9 Å². The Morgan fingerprint density at radius 1 is 1.19 bits per heavy atom. The molecule has 0 fully saturated rings. The van der Waals surface area contributed by atoms with Gasteiger partial charge in [0, 0.05) is 11.0 Å². The molecule has 0 saturated carbocycles. The summed E-state index contributed by atoms with van der Waals surface area (Å²) in [6, 6.07) is 11.6. The molecule has 0 aliphatic carbocycles. The first-order valence-electron chi connectivity index (χ1n) is 7.81. The third-order valence-corrected chi connectivity index (χ3v) is 4.34. The average Bonchev–Trinajstić information content (AvgIpc) is 2.60.